The highest BCUT2D eigenvalue weighted by atomic mass is 79.9. The molecule has 1 heterocycles. The van der Waals surface area contributed by atoms with E-state index in [1.165, 1.54) is 0 Å². The van der Waals surface area contributed by atoms with Gasteiger partial charge in [-0.3, -0.25) is 4.79 Å². The molecule has 0 saturated carbocycles. The van der Waals surface area contributed by atoms with Crippen LogP contribution in [0.15, 0.2) is 33.6 Å². The number of carbonyl (C=O) groups is 1. The van der Waals surface area contributed by atoms with Crippen molar-refractivity contribution in [2.75, 3.05) is 6.54 Å². The van der Waals surface area contributed by atoms with Gasteiger partial charge in [-0.25, -0.2) is 4.98 Å². The molecule has 3 nitrogen and oxygen atoms in total. The van der Waals surface area contributed by atoms with E-state index in [2.05, 4.69) is 26.2 Å². The molecule has 2 rings (SSSR count). The fourth-order valence-electron chi connectivity index (χ4n) is 1.45. The zero-order valence-corrected chi connectivity index (χ0v) is 12.5. The fraction of sp³-hybridized carbons (Fsp3) is 0.167. The van der Waals surface area contributed by atoms with Crippen molar-refractivity contribution in [2.45, 2.75) is 6.42 Å². The Morgan fingerprint density at radius 1 is 1.44 bits per heavy atom. The molecule has 0 atom stereocenters. The molecule has 1 amide bonds. The van der Waals surface area contributed by atoms with Gasteiger partial charge in [0.25, 0.3) is 5.91 Å². The van der Waals surface area contributed by atoms with Crippen molar-refractivity contribution >= 4 is 44.8 Å². The molecule has 1 N–H and O–H groups in total. The van der Waals surface area contributed by atoms with Gasteiger partial charge in [-0.2, -0.15) is 0 Å². The summed E-state index contributed by atoms with van der Waals surface area (Å²) in [5, 5.41) is 5.35. The molecule has 0 bridgehead atoms. The summed E-state index contributed by atoms with van der Waals surface area (Å²) in [6, 6.07) is 5.13. The highest BCUT2D eigenvalue weighted by Crippen LogP contribution is 2.19. The van der Waals surface area contributed by atoms with E-state index in [0.29, 0.717) is 17.1 Å². The summed E-state index contributed by atoms with van der Waals surface area (Å²) in [7, 11) is 0. The Balaban J connectivity index is 1.91. The standard InChI is InChI=1S/C12H10BrClN2OS/c13-9-3-8(4-10(14)5-9)12(17)15-2-1-11-6-18-7-16-11/h3-7H,1-2H2,(H,15,17). The number of thiazole rings is 1. The molecule has 0 aliphatic carbocycles. The van der Waals surface area contributed by atoms with Gasteiger partial charge in [0, 0.05) is 33.4 Å². The van der Waals surface area contributed by atoms with Gasteiger partial charge in [-0.1, -0.05) is 27.5 Å². The Hall–Kier alpha value is -0.910. The minimum absolute atomic E-state index is 0.131. The Morgan fingerprint density at radius 2 is 2.28 bits per heavy atom. The van der Waals surface area contributed by atoms with E-state index in [0.717, 1.165) is 16.6 Å². The van der Waals surface area contributed by atoms with E-state index in [4.69, 9.17) is 11.6 Å². The molecule has 0 aliphatic heterocycles. The summed E-state index contributed by atoms with van der Waals surface area (Å²) in [4.78, 5) is 16.0. The number of aromatic nitrogens is 1. The highest BCUT2D eigenvalue weighted by Gasteiger charge is 2.07. The third-order valence-corrected chi connectivity index (χ3v) is 3.59. The topological polar surface area (TPSA) is 42.0 Å². The molecule has 18 heavy (non-hydrogen) atoms. The SMILES string of the molecule is O=C(NCCc1cscn1)c1cc(Cl)cc(Br)c1. The molecule has 2 aromatic rings. The van der Waals surface area contributed by atoms with Crippen LogP contribution in [0.25, 0.3) is 0 Å². The van der Waals surface area contributed by atoms with Gasteiger partial charge < -0.3 is 5.32 Å². The van der Waals surface area contributed by atoms with E-state index < -0.39 is 0 Å². The van der Waals surface area contributed by atoms with Crippen molar-refractivity contribution in [1.82, 2.24) is 10.3 Å². The van der Waals surface area contributed by atoms with Crippen LogP contribution < -0.4 is 5.32 Å². The van der Waals surface area contributed by atoms with Crippen molar-refractivity contribution in [1.29, 1.82) is 0 Å². The van der Waals surface area contributed by atoms with Crippen LogP contribution in [0.4, 0.5) is 0 Å². The quantitative estimate of drug-likeness (QED) is 0.921. The predicted octanol–water partition coefficient (Wildman–Crippen LogP) is 3.53. The number of hydrogen-bond donors (Lipinski definition) is 1. The normalized spacial score (nSPS) is 10.3. The number of hydrogen-bond acceptors (Lipinski definition) is 3. The fourth-order valence-corrected chi connectivity index (χ4v) is 2.91. The lowest BCUT2D eigenvalue weighted by Crippen LogP contribution is -2.25. The highest BCUT2D eigenvalue weighted by molar-refractivity contribution is 9.10. The molecule has 1 aromatic carbocycles. The predicted molar refractivity (Wildman–Crippen MR) is 77.3 cm³/mol. The number of amides is 1. The number of nitrogens with zero attached hydrogens (tertiary/aromatic N) is 1. The number of carbonyl (C=O) groups excluding carboxylic acids is 1. The van der Waals surface area contributed by atoms with Gasteiger partial charge in [-0.05, 0) is 18.2 Å². The van der Waals surface area contributed by atoms with Crippen LogP contribution in [-0.4, -0.2) is 17.4 Å². The van der Waals surface area contributed by atoms with Gasteiger partial charge >= 0.3 is 0 Å². The molecule has 0 fully saturated rings. The summed E-state index contributed by atoms with van der Waals surface area (Å²) in [5.41, 5.74) is 3.32. The van der Waals surface area contributed by atoms with Gasteiger partial charge in [-0.15, -0.1) is 11.3 Å². The number of nitrogens with one attached hydrogen (secondary N) is 1. The second-order valence-electron chi connectivity index (χ2n) is 3.64. The van der Waals surface area contributed by atoms with Crippen LogP contribution in [0.5, 0.6) is 0 Å². The van der Waals surface area contributed by atoms with Gasteiger partial charge in [0.05, 0.1) is 11.2 Å². The van der Waals surface area contributed by atoms with Gasteiger partial charge in [0.2, 0.25) is 0 Å². The zero-order chi connectivity index (χ0) is 13.0. The second kappa shape index (κ2) is 6.31. The molecule has 0 radical (unpaired) electrons. The van der Waals surface area contributed by atoms with Crippen molar-refractivity contribution in [3.05, 3.63) is 49.8 Å². The first-order chi connectivity index (χ1) is 8.65. The molecule has 1 aromatic heterocycles. The minimum Gasteiger partial charge on any atom is -0.352 e. The smallest absolute Gasteiger partial charge is 0.251 e. The lowest BCUT2D eigenvalue weighted by atomic mass is 10.2. The van der Waals surface area contributed by atoms with Gasteiger partial charge in [0.1, 0.15) is 0 Å². The third kappa shape index (κ3) is 3.80. The summed E-state index contributed by atoms with van der Waals surface area (Å²) in [5.74, 6) is -0.131. The molecular weight excluding hydrogens is 336 g/mol. The molecule has 0 aliphatic rings. The summed E-state index contributed by atoms with van der Waals surface area (Å²) in [6.07, 6.45) is 0.733. The largest absolute Gasteiger partial charge is 0.352 e. The number of rotatable bonds is 4. The van der Waals surface area contributed by atoms with E-state index in [-0.39, 0.29) is 5.91 Å². The molecular formula is C12H10BrClN2OS. The lowest BCUT2D eigenvalue weighted by molar-refractivity contribution is 0.0954. The van der Waals surface area contributed by atoms with Crippen LogP contribution in [0.3, 0.4) is 0 Å². The average Bonchev–Trinajstić information content (AvgIpc) is 2.80. The molecule has 0 spiro atoms. The summed E-state index contributed by atoms with van der Waals surface area (Å²) >= 11 is 10.7. The first-order valence-electron chi connectivity index (χ1n) is 5.26. The van der Waals surface area contributed by atoms with Crippen molar-refractivity contribution in [2.24, 2.45) is 0 Å². The maximum Gasteiger partial charge on any atom is 0.251 e. The monoisotopic (exact) mass is 344 g/mol. The van der Waals surface area contributed by atoms with Crippen LogP contribution in [0.1, 0.15) is 16.1 Å². The van der Waals surface area contributed by atoms with E-state index in [1.54, 1.807) is 35.0 Å². The van der Waals surface area contributed by atoms with Crippen LogP contribution in [-0.2, 0) is 6.42 Å². The van der Waals surface area contributed by atoms with Crippen LogP contribution >= 0.6 is 38.9 Å². The zero-order valence-electron chi connectivity index (χ0n) is 9.32. The van der Waals surface area contributed by atoms with Crippen molar-refractivity contribution < 1.29 is 4.79 Å². The first-order valence-corrected chi connectivity index (χ1v) is 7.38. The minimum atomic E-state index is -0.131. The Bertz CT molecular complexity index is 525. The first kappa shape index (κ1) is 13.5. The Morgan fingerprint density at radius 3 is 2.94 bits per heavy atom. The maximum atomic E-state index is 11.9. The summed E-state index contributed by atoms with van der Waals surface area (Å²) in [6.45, 7) is 0.562. The summed E-state index contributed by atoms with van der Waals surface area (Å²) < 4.78 is 0.791. The molecule has 6 heteroatoms. The van der Waals surface area contributed by atoms with E-state index in [9.17, 15) is 4.79 Å². The molecule has 94 valence electrons. The van der Waals surface area contributed by atoms with Crippen molar-refractivity contribution in [3.8, 4) is 0 Å². The Labute approximate surface area is 122 Å². The maximum absolute atomic E-state index is 11.9. The van der Waals surface area contributed by atoms with Crippen LogP contribution in [0.2, 0.25) is 5.02 Å². The van der Waals surface area contributed by atoms with Crippen molar-refractivity contribution in [3.63, 3.8) is 0 Å². The second-order valence-corrected chi connectivity index (χ2v) is 5.71. The lowest BCUT2D eigenvalue weighted by Gasteiger charge is -2.05. The molecule has 0 saturated heterocycles. The molecule has 0 unspecified atom stereocenters. The average molecular weight is 346 g/mol. The van der Waals surface area contributed by atoms with Gasteiger partial charge in [0.15, 0.2) is 0 Å². The third-order valence-electron chi connectivity index (χ3n) is 2.27. The Kier molecular flexibility index (Phi) is 4.74. The van der Waals surface area contributed by atoms with E-state index >= 15 is 0 Å². The van der Waals surface area contributed by atoms with Crippen LogP contribution in [0, 0.1) is 0 Å². The number of benzene rings is 1. The number of halogens is 2. The van der Waals surface area contributed by atoms with E-state index in [1.807, 2.05) is 5.38 Å².